The van der Waals surface area contributed by atoms with E-state index in [1.54, 1.807) is 37.8 Å². The number of carbonyl (C=O) groups excluding carboxylic acids is 5. The molecule has 0 spiro atoms. The van der Waals surface area contributed by atoms with Crippen molar-refractivity contribution in [3.63, 3.8) is 0 Å². The number of fused-ring (bicyclic) bond motifs is 3. The van der Waals surface area contributed by atoms with Crippen molar-refractivity contribution < 1.29 is 33.4 Å². The first-order valence-electron chi connectivity index (χ1n) is 17.6. The average molecular weight is 686 g/mol. The summed E-state index contributed by atoms with van der Waals surface area (Å²) in [5.41, 5.74) is 0.709. The van der Waals surface area contributed by atoms with Crippen LogP contribution in [0.5, 0.6) is 0 Å². The number of anilines is 1. The highest BCUT2D eigenvalue weighted by Crippen LogP contribution is 2.46. The summed E-state index contributed by atoms with van der Waals surface area (Å²) in [4.78, 5) is 71.6. The summed E-state index contributed by atoms with van der Waals surface area (Å²) < 4.78 is 11.4. The van der Waals surface area contributed by atoms with E-state index in [9.17, 15) is 24.0 Å². The molecule has 2 fully saturated rings. The SMILES string of the molecule is CC(C)(C)OC(=O)N[C@H]1CCCCC/C=C\[C@H]2C[C@@]2(C(=O)Nc2ccccc2)NC(=O)[C@@H]2C[C@@H](OC(=O)N3Cc4ccccc4C3)CN2C1=O. The van der Waals surface area contributed by atoms with Gasteiger partial charge in [-0.15, -0.1) is 0 Å². The van der Waals surface area contributed by atoms with E-state index in [2.05, 4.69) is 16.0 Å². The fourth-order valence-electron chi connectivity index (χ4n) is 7.06. The molecule has 0 bridgehead atoms. The van der Waals surface area contributed by atoms with Gasteiger partial charge in [0.1, 0.15) is 29.3 Å². The fraction of sp³-hybridized carbons (Fsp3) is 0.500. The molecule has 2 aromatic rings. The van der Waals surface area contributed by atoms with E-state index in [1.807, 2.05) is 54.6 Å². The van der Waals surface area contributed by atoms with Gasteiger partial charge in [0.05, 0.1) is 6.54 Å². The second-order valence-electron chi connectivity index (χ2n) is 14.7. The van der Waals surface area contributed by atoms with Gasteiger partial charge in [-0.25, -0.2) is 9.59 Å². The molecule has 2 aromatic carbocycles. The van der Waals surface area contributed by atoms with Gasteiger partial charge in [-0.2, -0.15) is 0 Å². The number of allylic oxidation sites excluding steroid dienone is 1. The van der Waals surface area contributed by atoms with Crippen LogP contribution in [0.2, 0.25) is 0 Å². The first kappa shape index (κ1) is 35.0. The van der Waals surface area contributed by atoms with Crippen LogP contribution >= 0.6 is 0 Å². The number of carbonyl (C=O) groups is 5. The molecule has 3 N–H and O–H groups in total. The Hall–Kier alpha value is -4.87. The van der Waals surface area contributed by atoms with Crippen molar-refractivity contribution in [2.45, 2.75) is 108 Å². The third-order valence-electron chi connectivity index (χ3n) is 9.73. The van der Waals surface area contributed by atoms with Gasteiger partial charge in [0.2, 0.25) is 11.8 Å². The Bertz CT molecular complexity index is 1610. The summed E-state index contributed by atoms with van der Waals surface area (Å²) in [6.45, 7) is 6.00. The zero-order valence-corrected chi connectivity index (χ0v) is 29.0. The van der Waals surface area contributed by atoms with E-state index < -0.39 is 53.3 Å². The lowest BCUT2D eigenvalue weighted by molar-refractivity contribution is -0.141. The number of benzene rings is 2. The van der Waals surface area contributed by atoms with Crippen LogP contribution in [0.3, 0.4) is 0 Å². The Morgan fingerprint density at radius 2 is 1.64 bits per heavy atom. The Kier molecular flexibility index (Phi) is 10.2. The van der Waals surface area contributed by atoms with Gasteiger partial charge in [0, 0.05) is 31.1 Å². The predicted molar refractivity (Wildman–Crippen MR) is 186 cm³/mol. The number of amides is 5. The van der Waals surface area contributed by atoms with E-state index in [-0.39, 0.29) is 24.8 Å². The van der Waals surface area contributed by atoms with Gasteiger partial charge in [0.15, 0.2) is 0 Å². The largest absolute Gasteiger partial charge is 0.444 e. The summed E-state index contributed by atoms with van der Waals surface area (Å²) in [6, 6.07) is 14.8. The highest BCUT2D eigenvalue weighted by atomic mass is 16.6. The Morgan fingerprint density at radius 3 is 2.34 bits per heavy atom. The molecule has 5 amide bonds. The second-order valence-corrected chi connectivity index (χ2v) is 14.7. The first-order valence-corrected chi connectivity index (χ1v) is 17.6. The first-order chi connectivity index (χ1) is 23.9. The zero-order valence-electron chi connectivity index (χ0n) is 29.0. The normalized spacial score (nSPS) is 27.3. The molecular weight excluding hydrogens is 638 g/mol. The van der Waals surface area contributed by atoms with Crippen molar-refractivity contribution in [1.29, 1.82) is 0 Å². The van der Waals surface area contributed by atoms with Crippen molar-refractivity contribution in [3.8, 4) is 0 Å². The van der Waals surface area contributed by atoms with Gasteiger partial charge in [-0.1, -0.05) is 67.5 Å². The number of nitrogens with one attached hydrogen (secondary N) is 3. The topological polar surface area (TPSA) is 146 Å². The van der Waals surface area contributed by atoms with Crippen molar-refractivity contribution in [2.24, 2.45) is 5.92 Å². The molecule has 6 rings (SSSR count). The Morgan fingerprint density at radius 1 is 0.940 bits per heavy atom. The number of ether oxygens (including phenoxy) is 2. The third kappa shape index (κ3) is 8.11. The summed E-state index contributed by atoms with van der Waals surface area (Å²) in [7, 11) is 0. The lowest BCUT2D eigenvalue weighted by Crippen LogP contribution is -2.57. The monoisotopic (exact) mass is 685 g/mol. The minimum atomic E-state index is -1.21. The van der Waals surface area contributed by atoms with Gasteiger partial charge in [0.25, 0.3) is 5.91 Å². The molecule has 0 unspecified atom stereocenters. The number of nitrogens with zero attached hydrogens (tertiary/aromatic N) is 2. The highest BCUT2D eigenvalue weighted by molar-refractivity contribution is 6.04. The molecule has 1 saturated heterocycles. The van der Waals surface area contributed by atoms with E-state index >= 15 is 0 Å². The third-order valence-corrected chi connectivity index (χ3v) is 9.73. The number of alkyl carbamates (subject to hydrolysis) is 1. The van der Waals surface area contributed by atoms with Crippen molar-refractivity contribution in [1.82, 2.24) is 20.4 Å². The quantitative estimate of drug-likeness (QED) is 0.383. The van der Waals surface area contributed by atoms with Crippen LogP contribution in [0.1, 0.15) is 76.8 Å². The van der Waals surface area contributed by atoms with Gasteiger partial charge < -0.3 is 30.3 Å². The van der Waals surface area contributed by atoms with Crippen molar-refractivity contribution >= 4 is 35.6 Å². The molecule has 3 heterocycles. The minimum Gasteiger partial charge on any atom is -0.444 e. The molecule has 1 saturated carbocycles. The molecule has 12 heteroatoms. The maximum Gasteiger partial charge on any atom is 0.410 e. The van der Waals surface area contributed by atoms with Gasteiger partial charge in [-0.05, 0) is 69.7 Å². The molecule has 5 atom stereocenters. The maximum absolute atomic E-state index is 14.3. The molecule has 50 heavy (non-hydrogen) atoms. The molecule has 4 aliphatic rings. The number of hydrogen-bond donors (Lipinski definition) is 3. The summed E-state index contributed by atoms with van der Waals surface area (Å²) in [5.74, 6) is -1.55. The van der Waals surface area contributed by atoms with Crippen molar-refractivity contribution in [3.05, 3.63) is 77.9 Å². The second kappa shape index (κ2) is 14.5. The van der Waals surface area contributed by atoms with E-state index in [0.717, 1.165) is 30.4 Å². The van der Waals surface area contributed by atoms with Crippen LogP contribution in [0, 0.1) is 5.92 Å². The number of rotatable bonds is 4. The van der Waals surface area contributed by atoms with E-state index in [4.69, 9.17) is 9.47 Å². The fourth-order valence-corrected chi connectivity index (χ4v) is 7.06. The van der Waals surface area contributed by atoms with Crippen LogP contribution < -0.4 is 16.0 Å². The van der Waals surface area contributed by atoms with Crippen molar-refractivity contribution in [2.75, 3.05) is 11.9 Å². The van der Waals surface area contributed by atoms with E-state index in [1.165, 1.54) is 4.90 Å². The van der Waals surface area contributed by atoms with Crippen LogP contribution in [0.25, 0.3) is 0 Å². The van der Waals surface area contributed by atoms with Gasteiger partial charge >= 0.3 is 12.2 Å². The lowest BCUT2D eigenvalue weighted by Gasteiger charge is -2.30. The van der Waals surface area contributed by atoms with Crippen LogP contribution in [-0.2, 0) is 36.9 Å². The Balaban J connectivity index is 1.25. The average Bonchev–Trinajstić information content (AvgIpc) is 3.37. The number of hydrogen-bond acceptors (Lipinski definition) is 7. The Labute approximate surface area is 292 Å². The molecular formula is C38H47N5O7. The summed E-state index contributed by atoms with van der Waals surface area (Å²) in [5, 5.41) is 8.71. The molecule has 0 aromatic heterocycles. The summed E-state index contributed by atoms with van der Waals surface area (Å²) >= 11 is 0. The predicted octanol–water partition coefficient (Wildman–Crippen LogP) is 5.04. The zero-order chi connectivity index (χ0) is 35.5. The summed E-state index contributed by atoms with van der Waals surface area (Å²) in [6.07, 6.45) is 5.90. The molecule has 12 nitrogen and oxygen atoms in total. The lowest BCUT2D eigenvalue weighted by atomic mass is 10.0. The molecule has 1 aliphatic carbocycles. The molecule has 266 valence electrons. The molecule has 0 radical (unpaired) electrons. The smallest absolute Gasteiger partial charge is 0.410 e. The van der Waals surface area contributed by atoms with Crippen LogP contribution in [0.4, 0.5) is 15.3 Å². The standard InChI is InChI=1S/C38H47N5O7/c1-37(2,3)50-35(47)40-30-19-11-6-4-5-8-16-27-21-38(27,34(46)39-28-17-9-7-10-18-28)41-32(44)31-20-29(24-43(31)33(30)45)49-36(48)42-22-25-14-12-13-15-26(25)23-42/h7-10,12-18,27,29-31H,4-6,11,19-24H2,1-3H3,(H,39,46)(H,40,47)(H,41,44)/b16-8-/t27-,29+,30-,31-,38+/m0/s1. The van der Waals surface area contributed by atoms with E-state index in [0.29, 0.717) is 38.0 Å². The highest BCUT2D eigenvalue weighted by Gasteiger charge is 2.61. The molecule has 3 aliphatic heterocycles. The van der Waals surface area contributed by atoms with Gasteiger partial charge in [-0.3, -0.25) is 19.3 Å². The van der Waals surface area contributed by atoms with Crippen LogP contribution in [-0.4, -0.2) is 75.6 Å². The maximum atomic E-state index is 14.3. The minimum absolute atomic E-state index is 0.0392. The van der Waals surface area contributed by atoms with Crippen LogP contribution in [0.15, 0.2) is 66.7 Å². The number of para-hydroxylation sites is 1.